The van der Waals surface area contributed by atoms with Gasteiger partial charge < -0.3 is 15.7 Å². The van der Waals surface area contributed by atoms with Crippen molar-refractivity contribution >= 4 is 11.4 Å². The van der Waals surface area contributed by atoms with Crippen molar-refractivity contribution < 1.29 is 13.9 Å². The third-order valence-corrected chi connectivity index (χ3v) is 4.07. The van der Waals surface area contributed by atoms with E-state index in [0.29, 0.717) is 12.8 Å². The number of hydrogen-bond acceptors (Lipinski definition) is 3. The summed E-state index contributed by atoms with van der Waals surface area (Å²) in [5.41, 5.74) is 6.24. The number of aliphatic hydroxyl groups is 1. The number of nitrogens with zero attached hydrogens (tertiary/aromatic N) is 1. The Labute approximate surface area is 104 Å². The SMILES string of the molecule is Nc1ccc(F)c(F)c1N1C2CCC1CC(O)C2. The summed E-state index contributed by atoms with van der Waals surface area (Å²) >= 11 is 0. The highest BCUT2D eigenvalue weighted by Gasteiger charge is 2.42. The van der Waals surface area contributed by atoms with Crippen molar-refractivity contribution in [3.63, 3.8) is 0 Å². The number of aliphatic hydroxyl groups excluding tert-OH is 1. The van der Waals surface area contributed by atoms with Gasteiger partial charge in [0.15, 0.2) is 11.6 Å². The van der Waals surface area contributed by atoms with Crippen molar-refractivity contribution in [3.05, 3.63) is 23.8 Å². The second-order valence-electron chi connectivity index (χ2n) is 5.22. The number of piperidine rings is 1. The summed E-state index contributed by atoms with van der Waals surface area (Å²) in [5, 5.41) is 9.72. The molecule has 0 saturated carbocycles. The Kier molecular flexibility index (Phi) is 2.66. The molecule has 3 N–H and O–H groups in total. The maximum absolute atomic E-state index is 14.0. The van der Waals surface area contributed by atoms with Gasteiger partial charge in [-0.05, 0) is 37.8 Å². The summed E-state index contributed by atoms with van der Waals surface area (Å²) in [7, 11) is 0. The van der Waals surface area contributed by atoms with E-state index in [1.807, 2.05) is 4.90 Å². The molecule has 3 nitrogen and oxygen atoms in total. The van der Waals surface area contributed by atoms with Gasteiger partial charge in [0.2, 0.25) is 0 Å². The van der Waals surface area contributed by atoms with Crippen LogP contribution >= 0.6 is 0 Å². The Morgan fingerprint density at radius 2 is 1.78 bits per heavy atom. The molecular formula is C13H16F2N2O. The zero-order valence-electron chi connectivity index (χ0n) is 9.94. The minimum absolute atomic E-state index is 0.0670. The fourth-order valence-corrected chi connectivity index (χ4v) is 3.33. The number of benzene rings is 1. The van der Waals surface area contributed by atoms with Gasteiger partial charge in [-0.3, -0.25) is 0 Å². The molecule has 2 heterocycles. The first-order valence-electron chi connectivity index (χ1n) is 6.28. The molecule has 0 aromatic heterocycles. The van der Waals surface area contributed by atoms with E-state index in [2.05, 4.69) is 0 Å². The van der Waals surface area contributed by atoms with Crippen molar-refractivity contribution in [2.24, 2.45) is 0 Å². The topological polar surface area (TPSA) is 49.5 Å². The quantitative estimate of drug-likeness (QED) is 0.754. The Hall–Kier alpha value is -1.36. The molecule has 2 fully saturated rings. The lowest BCUT2D eigenvalue weighted by Gasteiger charge is -2.39. The highest BCUT2D eigenvalue weighted by molar-refractivity contribution is 5.70. The van der Waals surface area contributed by atoms with Gasteiger partial charge in [-0.25, -0.2) is 8.78 Å². The molecule has 2 atom stereocenters. The van der Waals surface area contributed by atoms with Gasteiger partial charge in [0.25, 0.3) is 0 Å². The van der Waals surface area contributed by atoms with E-state index >= 15 is 0 Å². The summed E-state index contributed by atoms with van der Waals surface area (Å²) in [5.74, 6) is -1.74. The highest BCUT2D eigenvalue weighted by Crippen LogP contribution is 2.42. The van der Waals surface area contributed by atoms with Crippen LogP contribution in [0.3, 0.4) is 0 Å². The van der Waals surface area contributed by atoms with Gasteiger partial charge in [-0.1, -0.05) is 0 Å². The van der Waals surface area contributed by atoms with Crippen molar-refractivity contribution in [3.8, 4) is 0 Å². The first kappa shape index (κ1) is 11.7. The summed E-state index contributed by atoms with van der Waals surface area (Å²) in [4.78, 5) is 1.88. The van der Waals surface area contributed by atoms with Crippen molar-refractivity contribution in [1.82, 2.24) is 0 Å². The van der Waals surface area contributed by atoms with Crippen LogP contribution in [0.15, 0.2) is 12.1 Å². The third-order valence-electron chi connectivity index (χ3n) is 4.07. The van der Waals surface area contributed by atoms with Crippen molar-refractivity contribution in [2.45, 2.75) is 43.9 Å². The van der Waals surface area contributed by atoms with Gasteiger partial charge in [0.05, 0.1) is 17.5 Å². The summed E-state index contributed by atoms with van der Waals surface area (Å²) in [6, 6.07) is 2.59. The predicted molar refractivity (Wildman–Crippen MR) is 65.3 cm³/mol. The third kappa shape index (κ3) is 1.65. The smallest absolute Gasteiger partial charge is 0.184 e. The van der Waals surface area contributed by atoms with Crippen LogP contribution in [0.25, 0.3) is 0 Å². The molecule has 0 spiro atoms. The number of anilines is 2. The molecule has 5 heteroatoms. The standard InChI is InChI=1S/C13H16F2N2O/c14-10-3-4-11(16)13(12(10)15)17-7-1-2-8(17)6-9(18)5-7/h3-4,7-9,18H,1-2,5-6,16H2. The number of hydrogen-bond donors (Lipinski definition) is 2. The van der Waals surface area contributed by atoms with Crippen LogP contribution in [0.4, 0.5) is 20.2 Å². The molecule has 18 heavy (non-hydrogen) atoms. The molecule has 98 valence electrons. The number of rotatable bonds is 1. The van der Waals surface area contributed by atoms with Crippen LogP contribution in [-0.2, 0) is 0 Å². The molecule has 2 unspecified atom stereocenters. The predicted octanol–water partition coefficient (Wildman–Crippen LogP) is 2.04. The zero-order valence-corrected chi connectivity index (χ0v) is 9.94. The zero-order chi connectivity index (χ0) is 12.9. The molecule has 1 aromatic rings. The fraction of sp³-hybridized carbons (Fsp3) is 0.538. The van der Waals surface area contributed by atoms with Gasteiger partial charge in [-0.15, -0.1) is 0 Å². The van der Waals surface area contributed by atoms with Crippen molar-refractivity contribution in [2.75, 3.05) is 10.6 Å². The normalized spacial score (nSPS) is 30.8. The summed E-state index contributed by atoms with van der Waals surface area (Å²) in [6.45, 7) is 0. The molecule has 0 radical (unpaired) electrons. The molecule has 2 bridgehead atoms. The maximum Gasteiger partial charge on any atom is 0.184 e. The van der Waals surface area contributed by atoms with Crippen LogP contribution in [0, 0.1) is 11.6 Å². The van der Waals surface area contributed by atoms with Gasteiger partial charge in [0.1, 0.15) is 0 Å². The summed E-state index contributed by atoms with van der Waals surface area (Å²) in [6.07, 6.45) is 2.67. The van der Waals surface area contributed by atoms with Crippen molar-refractivity contribution in [1.29, 1.82) is 0 Å². The molecule has 2 aliphatic heterocycles. The highest BCUT2D eigenvalue weighted by atomic mass is 19.2. The lowest BCUT2D eigenvalue weighted by molar-refractivity contribution is 0.126. The molecule has 1 aromatic carbocycles. The van der Waals surface area contributed by atoms with Crippen LogP contribution in [0.1, 0.15) is 25.7 Å². The number of nitrogens with two attached hydrogens (primary N) is 1. The van der Waals surface area contributed by atoms with Gasteiger partial charge >= 0.3 is 0 Å². The van der Waals surface area contributed by atoms with E-state index in [9.17, 15) is 13.9 Å². The number of nitrogen functional groups attached to an aromatic ring is 1. The second-order valence-corrected chi connectivity index (χ2v) is 5.22. The van der Waals surface area contributed by atoms with Crippen LogP contribution < -0.4 is 10.6 Å². The first-order valence-corrected chi connectivity index (χ1v) is 6.28. The van der Waals surface area contributed by atoms with E-state index in [0.717, 1.165) is 18.9 Å². The molecular weight excluding hydrogens is 238 g/mol. The molecule has 3 rings (SSSR count). The van der Waals surface area contributed by atoms with Crippen LogP contribution in [0.2, 0.25) is 0 Å². The van der Waals surface area contributed by atoms with Gasteiger partial charge in [-0.2, -0.15) is 0 Å². The minimum Gasteiger partial charge on any atom is -0.397 e. The average molecular weight is 254 g/mol. The minimum atomic E-state index is -0.872. The van der Waals surface area contributed by atoms with E-state index < -0.39 is 11.6 Å². The maximum atomic E-state index is 14.0. The molecule has 2 aliphatic rings. The number of halogens is 2. The monoisotopic (exact) mass is 254 g/mol. The van der Waals surface area contributed by atoms with E-state index in [-0.39, 0.29) is 29.6 Å². The Bertz CT molecular complexity index is 466. The van der Waals surface area contributed by atoms with Crippen LogP contribution in [0.5, 0.6) is 0 Å². The Morgan fingerprint density at radius 1 is 1.17 bits per heavy atom. The van der Waals surface area contributed by atoms with E-state index in [1.165, 1.54) is 6.07 Å². The van der Waals surface area contributed by atoms with Gasteiger partial charge in [0, 0.05) is 12.1 Å². The fourth-order valence-electron chi connectivity index (χ4n) is 3.33. The molecule has 2 saturated heterocycles. The Morgan fingerprint density at radius 3 is 2.39 bits per heavy atom. The van der Waals surface area contributed by atoms with E-state index in [1.54, 1.807) is 0 Å². The number of fused-ring (bicyclic) bond motifs is 2. The lowest BCUT2D eigenvalue weighted by atomic mass is 9.98. The molecule has 0 aliphatic carbocycles. The lowest BCUT2D eigenvalue weighted by Crippen LogP contribution is -2.45. The largest absolute Gasteiger partial charge is 0.397 e. The molecule has 0 amide bonds. The summed E-state index contributed by atoms with van der Waals surface area (Å²) < 4.78 is 27.3. The van der Waals surface area contributed by atoms with E-state index in [4.69, 9.17) is 5.73 Å². The average Bonchev–Trinajstić information content (AvgIpc) is 2.58. The van der Waals surface area contributed by atoms with Crippen LogP contribution in [-0.4, -0.2) is 23.3 Å². The Balaban J connectivity index is 2.04. The first-order chi connectivity index (χ1) is 8.58. The second kappa shape index (κ2) is 4.09.